The molecule has 0 radical (unpaired) electrons. The molecule has 1 aromatic heterocycles. The third-order valence-electron chi connectivity index (χ3n) is 4.62. The Morgan fingerprint density at radius 2 is 1.63 bits per heavy atom. The Hall–Kier alpha value is -2.42. The molecule has 3 aromatic rings. The second-order valence-corrected chi connectivity index (χ2v) is 8.63. The summed E-state index contributed by atoms with van der Waals surface area (Å²) in [4.78, 5) is 10.3. The van der Waals surface area contributed by atoms with Gasteiger partial charge in [0.15, 0.2) is 0 Å². The molecule has 7 nitrogen and oxygen atoms in total. The number of benzene rings is 2. The van der Waals surface area contributed by atoms with Gasteiger partial charge < -0.3 is 10.6 Å². The number of hydrogen-bond acceptors (Lipinski definition) is 6. The fourth-order valence-corrected chi connectivity index (χ4v) is 4.86. The van der Waals surface area contributed by atoms with Crippen molar-refractivity contribution in [2.24, 2.45) is 0 Å². The van der Waals surface area contributed by atoms with Crippen LogP contribution in [0.2, 0.25) is 5.15 Å². The predicted octanol–water partition coefficient (Wildman–Crippen LogP) is 2.38. The Labute approximate surface area is 162 Å². The second kappa shape index (κ2) is 6.95. The highest BCUT2D eigenvalue weighted by Crippen LogP contribution is 2.24. The minimum absolute atomic E-state index is 0.101. The minimum Gasteiger partial charge on any atom is -0.368 e. The number of piperazine rings is 1. The average Bonchev–Trinajstić information content (AvgIpc) is 2.67. The number of halogens is 1. The van der Waals surface area contributed by atoms with E-state index in [2.05, 4.69) is 9.97 Å². The SMILES string of the molecule is Nc1nc(Cl)cc(N2CCN(S(=O)(=O)c3ccc4ccccc4c3)CC2)n1. The summed E-state index contributed by atoms with van der Waals surface area (Å²) in [6.07, 6.45) is 0. The van der Waals surface area contributed by atoms with Gasteiger partial charge in [-0.2, -0.15) is 9.29 Å². The molecule has 0 unspecified atom stereocenters. The molecule has 0 atom stereocenters. The first kappa shape index (κ1) is 18.0. The van der Waals surface area contributed by atoms with Gasteiger partial charge in [-0.25, -0.2) is 13.4 Å². The van der Waals surface area contributed by atoms with E-state index in [9.17, 15) is 8.42 Å². The third kappa shape index (κ3) is 3.55. The average molecular weight is 404 g/mol. The van der Waals surface area contributed by atoms with Crippen molar-refractivity contribution in [3.8, 4) is 0 Å². The van der Waals surface area contributed by atoms with Crippen molar-refractivity contribution < 1.29 is 8.42 Å². The predicted molar refractivity (Wildman–Crippen MR) is 106 cm³/mol. The van der Waals surface area contributed by atoms with E-state index in [0.29, 0.717) is 36.9 Å². The monoisotopic (exact) mass is 403 g/mol. The summed E-state index contributed by atoms with van der Waals surface area (Å²) in [5.74, 6) is 0.707. The molecule has 0 saturated carbocycles. The summed E-state index contributed by atoms with van der Waals surface area (Å²) in [7, 11) is -3.55. The lowest BCUT2D eigenvalue weighted by molar-refractivity contribution is 0.384. The Balaban J connectivity index is 1.54. The van der Waals surface area contributed by atoms with Gasteiger partial charge in [-0.15, -0.1) is 0 Å². The van der Waals surface area contributed by atoms with Crippen LogP contribution in [-0.2, 0) is 10.0 Å². The van der Waals surface area contributed by atoms with Gasteiger partial charge in [0, 0.05) is 32.2 Å². The van der Waals surface area contributed by atoms with Gasteiger partial charge in [0.25, 0.3) is 0 Å². The molecule has 2 aromatic carbocycles. The van der Waals surface area contributed by atoms with Gasteiger partial charge in [0.05, 0.1) is 4.90 Å². The van der Waals surface area contributed by atoms with Crippen LogP contribution in [0, 0.1) is 0 Å². The quantitative estimate of drug-likeness (QED) is 0.675. The molecular formula is C18H18ClN5O2S. The maximum atomic E-state index is 13.0. The third-order valence-corrected chi connectivity index (χ3v) is 6.71. The maximum Gasteiger partial charge on any atom is 0.243 e. The van der Waals surface area contributed by atoms with Crippen LogP contribution in [-0.4, -0.2) is 48.9 Å². The normalized spacial score (nSPS) is 16.0. The van der Waals surface area contributed by atoms with Gasteiger partial charge in [0.2, 0.25) is 16.0 Å². The van der Waals surface area contributed by atoms with Crippen molar-refractivity contribution in [1.82, 2.24) is 14.3 Å². The van der Waals surface area contributed by atoms with Crippen molar-refractivity contribution in [2.75, 3.05) is 36.8 Å². The minimum atomic E-state index is -3.55. The lowest BCUT2D eigenvalue weighted by atomic mass is 10.1. The molecule has 140 valence electrons. The van der Waals surface area contributed by atoms with E-state index < -0.39 is 10.0 Å². The summed E-state index contributed by atoms with van der Waals surface area (Å²) in [5, 5.41) is 2.19. The van der Waals surface area contributed by atoms with Crippen LogP contribution >= 0.6 is 11.6 Å². The molecule has 1 fully saturated rings. The first-order chi connectivity index (χ1) is 12.9. The summed E-state index contributed by atoms with van der Waals surface area (Å²) in [6.45, 7) is 1.71. The zero-order chi connectivity index (χ0) is 19.0. The van der Waals surface area contributed by atoms with E-state index >= 15 is 0 Å². The summed E-state index contributed by atoms with van der Waals surface area (Å²) in [6, 6.07) is 14.6. The van der Waals surface area contributed by atoms with Crippen LogP contribution < -0.4 is 10.6 Å². The molecule has 0 aliphatic carbocycles. The number of nitrogen functional groups attached to an aromatic ring is 1. The fraction of sp³-hybridized carbons (Fsp3) is 0.222. The molecule has 1 saturated heterocycles. The number of nitrogens with zero attached hydrogens (tertiary/aromatic N) is 4. The standard InChI is InChI=1S/C18H18ClN5O2S/c19-16-12-17(22-18(20)21-16)23-7-9-24(10-8-23)27(25,26)15-6-5-13-3-1-2-4-14(13)11-15/h1-6,11-12H,7-10H2,(H2,20,21,22). The molecule has 1 aliphatic heterocycles. The van der Waals surface area contributed by atoms with E-state index in [0.717, 1.165) is 10.8 Å². The van der Waals surface area contributed by atoms with Crippen molar-refractivity contribution in [3.05, 3.63) is 53.7 Å². The molecule has 2 heterocycles. The second-order valence-electron chi connectivity index (χ2n) is 6.31. The van der Waals surface area contributed by atoms with Crippen LogP contribution in [0.1, 0.15) is 0 Å². The molecule has 27 heavy (non-hydrogen) atoms. The van der Waals surface area contributed by atoms with E-state index in [4.69, 9.17) is 17.3 Å². The fourth-order valence-electron chi connectivity index (χ4n) is 3.22. The van der Waals surface area contributed by atoms with Gasteiger partial charge in [-0.3, -0.25) is 0 Å². The van der Waals surface area contributed by atoms with E-state index in [1.54, 1.807) is 18.2 Å². The Kier molecular flexibility index (Phi) is 4.63. The Bertz CT molecular complexity index is 1080. The zero-order valence-corrected chi connectivity index (χ0v) is 16.0. The van der Waals surface area contributed by atoms with E-state index in [-0.39, 0.29) is 11.1 Å². The van der Waals surface area contributed by atoms with Crippen LogP contribution in [0.25, 0.3) is 10.8 Å². The van der Waals surface area contributed by atoms with Gasteiger partial charge in [-0.05, 0) is 22.9 Å². The van der Waals surface area contributed by atoms with Crippen LogP contribution in [0.15, 0.2) is 53.4 Å². The van der Waals surface area contributed by atoms with Crippen LogP contribution in [0.4, 0.5) is 11.8 Å². The van der Waals surface area contributed by atoms with Crippen molar-refractivity contribution in [3.63, 3.8) is 0 Å². The van der Waals surface area contributed by atoms with Gasteiger partial charge >= 0.3 is 0 Å². The molecule has 0 bridgehead atoms. The number of sulfonamides is 1. The number of rotatable bonds is 3. The number of hydrogen-bond donors (Lipinski definition) is 1. The Morgan fingerprint density at radius 1 is 0.926 bits per heavy atom. The lowest BCUT2D eigenvalue weighted by Gasteiger charge is -2.34. The lowest BCUT2D eigenvalue weighted by Crippen LogP contribution is -2.49. The molecule has 9 heteroatoms. The first-order valence-electron chi connectivity index (χ1n) is 8.47. The summed E-state index contributed by atoms with van der Waals surface area (Å²) < 4.78 is 27.5. The summed E-state index contributed by atoms with van der Waals surface area (Å²) >= 11 is 5.93. The highest BCUT2D eigenvalue weighted by molar-refractivity contribution is 7.89. The van der Waals surface area contributed by atoms with Gasteiger partial charge in [0.1, 0.15) is 11.0 Å². The first-order valence-corrected chi connectivity index (χ1v) is 10.3. The number of anilines is 2. The maximum absolute atomic E-state index is 13.0. The number of fused-ring (bicyclic) bond motifs is 1. The van der Waals surface area contributed by atoms with Gasteiger partial charge in [-0.1, -0.05) is 41.9 Å². The zero-order valence-electron chi connectivity index (χ0n) is 14.4. The number of aromatic nitrogens is 2. The topological polar surface area (TPSA) is 92.4 Å². The Morgan fingerprint density at radius 3 is 2.33 bits per heavy atom. The van der Waals surface area contributed by atoms with Crippen LogP contribution in [0.5, 0.6) is 0 Å². The van der Waals surface area contributed by atoms with E-state index in [1.165, 1.54) is 4.31 Å². The largest absolute Gasteiger partial charge is 0.368 e. The molecule has 0 amide bonds. The summed E-state index contributed by atoms with van der Waals surface area (Å²) in [5.41, 5.74) is 5.64. The molecule has 2 N–H and O–H groups in total. The molecular weight excluding hydrogens is 386 g/mol. The van der Waals surface area contributed by atoms with E-state index in [1.807, 2.05) is 35.2 Å². The smallest absolute Gasteiger partial charge is 0.243 e. The molecule has 1 aliphatic rings. The van der Waals surface area contributed by atoms with Crippen molar-refractivity contribution >= 4 is 44.2 Å². The van der Waals surface area contributed by atoms with Crippen molar-refractivity contribution in [2.45, 2.75) is 4.90 Å². The van der Waals surface area contributed by atoms with Crippen molar-refractivity contribution in [1.29, 1.82) is 0 Å². The van der Waals surface area contributed by atoms with Crippen LogP contribution in [0.3, 0.4) is 0 Å². The highest BCUT2D eigenvalue weighted by Gasteiger charge is 2.29. The highest BCUT2D eigenvalue weighted by atomic mass is 35.5. The molecule has 4 rings (SSSR count). The molecule has 0 spiro atoms. The number of nitrogens with two attached hydrogens (primary N) is 1.